The van der Waals surface area contributed by atoms with Crippen LogP contribution in [-0.2, 0) is 14.3 Å². The minimum atomic E-state index is -0.936. The fraction of sp³-hybridized carbons (Fsp3) is 0.857. The fourth-order valence-corrected chi connectivity index (χ4v) is 3.78. The molecular formula is C14H20Cl2N2O3. The molecule has 1 aliphatic carbocycles. The number of alkyl halides is 2. The first-order chi connectivity index (χ1) is 9.85. The van der Waals surface area contributed by atoms with Gasteiger partial charge in [0.15, 0.2) is 0 Å². The third-order valence-corrected chi connectivity index (χ3v) is 5.92. The van der Waals surface area contributed by atoms with Crippen molar-refractivity contribution in [2.45, 2.75) is 36.6 Å². The molecule has 0 aromatic carbocycles. The van der Waals surface area contributed by atoms with E-state index in [9.17, 15) is 9.59 Å². The van der Waals surface area contributed by atoms with Crippen LogP contribution in [0.1, 0.15) is 26.2 Å². The summed E-state index contributed by atoms with van der Waals surface area (Å²) in [6, 6.07) is 0. The van der Waals surface area contributed by atoms with Gasteiger partial charge in [0.1, 0.15) is 10.4 Å². The van der Waals surface area contributed by atoms with Crippen molar-refractivity contribution in [3.05, 3.63) is 0 Å². The zero-order chi connectivity index (χ0) is 15.3. The Labute approximate surface area is 134 Å². The third-order valence-electron chi connectivity index (χ3n) is 4.81. The Morgan fingerprint density at radius 1 is 1.14 bits per heavy atom. The van der Waals surface area contributed by atoms with Gasteiger partial charge in [0, 0.05) is 32.8 Å². The van der Waals surface area contributed by atoms with Crippen LogP contribution in [0.25, 0.3) is 0 Å². The molecule has 0 aromatic heterocycles. The molecule has 3 rings (SSSR count). The SMILES string of the molecule is CC1(C(=O)N2CCN(C(=O)C3CCCO3)CC2)CC1(Cl)Cl. The van der Waals surface area contributed by atoms with Crippen LogP contribution in [-0.4, -0.2) is 64.8 Å². The third kappa shape index (κ3) is 2.64. The summed E-state index contributed by atoms with van der Waals surface area (Å²) in [5.74, 6) is 0.0537. The van der Waals surface area contributed by atoms with Gasteiger partial charge in [0.25, 0.3) is 5.91 Å². The zero-order valence-corrected chi connectivity index (χ0v) is 13.6. The van der Waals surface area contributed by atoms with Gasteiger partial charge < -0.3 is 14.5 Å². The predicted octanol–water partition coefficient (Wildman–Crippen LogP) is 1.42. The number of piperazine rings is 1. The van der Waals surface area contributed by atoms with Crippen LogP contribution in [0.15, 0.2) is 0 Å². The Balaban J connectivity index is 1.53. The Kier molecular flexibility index (Phi) is 3.87. The second kappa shape index (κ2) is 5.28. The van der Waals surface area contributed by atoms with Gasteiger partial charge in [0.05, 0.1) is 5.41 Å². The number of carbonyl (C=O) groups is 2. The molecule has 3 fully saturated rings. The van der Waals surface area contributed by atoms with Gasteiger partial charge in [-0.2, -0.15) is 0 Å². The lowest BCUT2D eigenvalue weighted by Crippen LogP contribution is -2.54. The second-order valence-corrected chi connectivity index (χ2v) is 7.82. The quantitative estimate of drug-likeness (QED) is 0.717. The van der Waals surface area contributed by atoms with E-state index in [4.69, 9.17) is 27.9 Å². The van der Waals surface area contributed by atoms with E-state index in [2.05, 4.69) is 0 Å². The molecule has 21 heavy (non-hydrogen) atoms. The molecule has 0 aromatic rings. The smallest absolute Gasteiger partial charge is 0.251 e. The van der Waals surface area contributed by atoms with Crippen molar-refractivity contribution in [1.82, 2.24) is 9.80 Å². The van der Waals surface area contributed by atoms with Gasteiger partial charge in [-0.05, 0) is 26.2 Å². The first kappa shape index (κ1) is 15.4. The molecule has 2 amide bonds. The average Bonchev–Trinajstić information content (AvgIpc) is 2.88. The number of hydrogen-bond acceptors (Lipinski definition) is 3. The van der Waals surface area contributed by atoms with Crippen molar-refractivity contribution >= 4 is 35.0 Å². The summed E-state index contributed by atoms with van der Waals surface area (Å²) in [5.41, 5.74) is -0.670. The van der Waals surface area contributed by atoms with Gasteiger partial charge in [-0.25, -0.2) is 0 Å². The lowest BCUT2D eigenvalue weighted by molar-refractivity contribution is -0.147. The summed E-state index contributed by atoms with van der Waals surface area (Å²) in [6.07, 6.45) is 1.96. The maximum absolute atomic E-state index is 12.5. The Bertz CT molecular complexity index is 457. The van der Waals surface area contributed by atoms with Crippen LogP contribution < -0.4 is 0 Å². The van der Waals surface area contributed by atoms with Gasteiger partial charge in [0.2, 0.25) is 5.91 Å². The summed E-state index contributed by atoms with van der Waals surface area (Å²) in [4.78, 5) is 28.3. The van der Waals surface area contributed by atoms with E-state index in [1.807, 2.05) is 0 Å². The summed E-state index contributed by atoms with van der Waals surface area (Å²) < 4.78 is 4.49. The second-order valence-electron chi connectivity index (χ2n) is 6.33. The molecule has 0 bridgehead atoms. The molecular weight excluding hydrogens is 315 g/mol. The van der Waals surface area contributed by atoms with Gasteiger partial charge >= 0.3 is 0 Å². The van der Waals surface area contributed by atoms with E-state index < -0.39 is 9.75 Å². The molecule has 5 nitrogen and oxygen atoms in total. The summed E-state index contributed by atoms with van der Waals surface area (Å²) in [5, 5.41) is 0. The lowest BCUT2D eigenvalue weighted by Gasteiger charge is -2.37. The standard InChI is InChI=1S/C14H20Cl2N2O3/c1-13(9-14(13,15)16)12(20)18-6-4-17(5-7-18)11(19)10-3-2-8-21-10/h10H,2-9H2,1H3. The van der Waals surface area contributed by atoms with Crippen LogP contribution >= 0.6 is 23.2 Å². The molecule has 0 radical (unpaired) electrons. The molecule has 3 aliphatic rings. The Morgan fingerprint density at radius 2 is 1.71 bits per heavy atom. The van der Waals surface area contributed by atoms with Crippen molar-refractivity contribution in [3.63, 3.8) is 0 Å². The molecule has 2 atom stereocenters. The first-order valence-corrected chi connectivity index (χ1v) is 8.18. The molecule has 2 aliphatic heterocycles. The van der Waals surface area contributed by atoms with Crippen LogP contribution in [0, 0.1) is 5.41 Å². The highest BCUT2D eigenvalue weighted by atomic mass is 35.5. The largest absolute Gasteiger partial charge is 0.368 e. The van der Waals surface area contributed by atoms with E-state index in [1.165, 1.54) is 0 Å². The minimum Gasteiger partial charge on any atom is -0.368 e. The molecule has 0 spiro atoms. The van der Waals surface area contributed by atoms with Crippen molar-refractivity contribution in [2.24, 2.45) is 5.41 Å². The van der Waals surface area contributed by atoms with Crippen LogP contribution in [0.4, 0.5) is 0 Å². The number of ether oxygens (including phenoxy) is 1. The van der Waals surface area contributed by atoms with Crippen molar-refractivity contribution in [1.29, 1.82) is 0 Å². The number of carbonyl (C=O) groups excluding carboxylic acids is 2. The maximum atomic E-state index is 12.5. The molecule has 0 N–H and O–H groups in total. The van der Waals surface area contributed by atoms with Gasteiger partial charge in [-0.3, -0.25) is 9.59 Å². The van der Waals surface area contributed by atoms with Gasteiger partial charge in [-0.1, -0.05) is 0 Å². The Hall–Kier alpha value is -0.520. The molecule has 1 saturated carbocycles. The number of hydrogen-bond donors (Lipinski definition) is 0. The highest BCUT2D eigenvalue weighted by molar-refractivity contribution is 6.53. The molecule has 2 heterocycles. The predicted molar refractivity (Wildman–Crippen MR) is 79.3 cm³/mol. The van der Waals surface area contributed by atoms with E-state index in [1.54, 1.807) is 16.7 Å². The normalized spacial score (nSPS) is 34.9. The molecule has 2 unspecified atom stereocenters. The monoisotopic (exact) mass is 334 g/mol. The lowest BCUT2D eigenvalue weighted by atomic mass is 10.1. The van der Waals surface area contributed by atoms with E-state index in [0.29, 0.717) is 39.2 Å². The van der Waals surface area contributed by atoms with E-state index in [0.717, 1.165) is 12.8 Å². The average molecular weight is 335 g/mol. The molecule has 7 heteroatoms. The van der Waals surface area contributed by atoms with Crippen molar-refractivity contribution in [2.75, 3.05) is 32.8 Å². The number of amides is 2. The van der Waals surface area contributed by atoms with E-state index >= 15 is 0 Å². The van der Waals surface area contributed by atoms with E-state index in [-0.39, 0.29) is 17.9 Å². The van der Waals surface area contributed by atoms with Crippen molar-refractivity contribution < 1.29 is 14.3 Å². The topological polar surface area (TPSA) is 49.9 Å². The first-order valence-electron chi connectivity index (χ1n) is 7.43. The fourth-order valence-electron chi connectivity index (χ4n) is 3.09. The zero-order valence-electron chi connectivity index (χ0n) is 12.1. The highest BCUT2D eigenvalue weighted by Gasteiger charge is 2.68. The minimum absolute atomic E-state index is 0.00304. The van der Waals surface area contributed by atoms with Crippen LogP contribution in [0.3, 0.4) is 0 Å². The van der Waals surface area contributed by atoms with Crippen LogP contribution in [0.2, 0.25) is 0 Å². The number of rotatable bonds is 2. The summed E-state index contributed by atoms with van der Waals surface area (Å²) in [6.45, 7) is 4.66. The molecule has 118 valence electrons. The summed E-state index contributed by atoms with van der Waals surface area (Å²) >= 11 is 12.1. The Morgan fingerprint density at radius 3 is 2.19 bits per heavy atom. The van der Waals surface area contributed by atoms with Gasteiger partial charge in [-0.15, -0.1) is 23.2 Å². The number of halogens is 2. The molecule has 2 saturated heterocycles. The number of nitrogens with zero attached hydrogens (tertiary/aromatic N) is 2. The van der Waals surface area contributed by atoms with Crippen molar-refractivity contribution in [3.8, 4) is 0 Å². The summed E-state index contributed by atoms with van der Waals surface area (Å²) in [7, 11) is 0. The van der Waals surface area contributed by atoms with Crippen LogP contribution in [0.5, 0.6) is 0 Å². The highest BCUT2D eigenvalue weighted by Crippen LogP contribution is 2.64. The maximum Gasteiger partial charge on any atom is 0.251 e.